The van der Waals surface area contributed by atoms with Crippen molar-refractivity contribution in [1.29, 1.82) is 0 Å². The molecule has 17 heavy (non-hydrogen) atoms. The summed E-state index contributed by atoms with van der Waals surface area (Å²) in [7, 11) is 4.00. The summed E-state index contributed by atoms with van der Waals surface area (Å²) in [5.41, 5.74) is 5.92. The fourth-order valence-electron chi connectivity index (χ4n) is 2.06. The van der Waals surface area contributed by atoms with E-state index in [9.17, 15) is 0 Å². The topological polar surface area (TPSA) is 58.3 Å². The van der Waals surface area contributed by atoms with Gasteiger partial charge in [-0.15, -0.1) is 0 Å². The minimum atomic E-state index is 0.350. The zero-order valence-electron chi connectivity index (χ0n) is 10.8. The highest BCUT2D eigenvalue weighted by molar-refractivity contribution is 5.50. The summed E-state index contributed by atoms with van der Waals surface area (Å²) in [6.45, 7) is 3.92. The fourth-order valence-corrected chi connectivity index (χ4v) is 2.06. The molecule has 1 aliphatic rings. The maximum Gasteiger partial charge on any atom is 0.134 e. The van der Waals surface area contributed by atoms with E-state index < -0.39 is 0 Å². The van der Waals surface area contributed by atoms with Crippen molar-refractivity contribution in [2.45, 2.75) is 25.8 Å². The quantitative estimate of drug-likeness (QED) is 0.821. The molecule has 0 atom stereocenters. The molecule has 94 valence electrons. The van der Waals surface area contributed by atoms with Crippen LogP contribution in [0, 0.1) is 6.92 Å². The van der Waals surface area contributed by atoms with Gasteiger partial charge in [-0.05, 0) is 19.8 Å². The van der Waals surface area contributed by atoms with E-state index in [0.29, 0.717) is 6.04 Å². The Morgan fingerprint density at radius 3 is 2.53 bits per heavy atom. The zero-order chi connectivity index (χ0) is 12.4. The Morgan fingerprint density at radius 1 is 1.29 bits per heavy atom. The highest BCUT2D eigenvalue weighted by atomic mass is 15.2. The molecule has 0 radical (unpaired) electrons. The Hall–Kier alpha value is -1.36. The second kappa shape index (κ2) is 4.87. The van der Waals surface area contributed by atoms with Crippen molar-refractivity contribution in [1.82, 2.24) is 9.97 Å². The van der Waals surface area contributed by atoms with Crippen LogP contribution in [-0.4, -0.2) is 43.2 Å². The predicted molar refractivity (Wildman–Crippen MR) is 70.5 cm³/mol. The average Bonchev–Trinajstić information content (AvgIpc) is 2.29. The lowest BCUT2D eigenvalue weighted by Crippen LogP contribution is -2.40. The fraction of sp³-hybridized carbons (Fsp3) is 0.667. The maximum absolute atomic E-state index is 5.92. The lowest BCUT2D eigenvalue weighted by molar-refractivity contribution is 0.498. The first-order valence-corrected chi connectivity index (χ1v) is 6.10. The number of rotatable bonds is 2. The van der Waals surface area contributed by atoms with Crippen molar-refractivity contribution in [2.24, 2.45) is 5.73 Å². The molecule has 1 aromatic rings. The van der Waals surface area contributed by atoms with Crippen LogP contribution in [0.4, 0.5) is 11.6 Å². The Balaban J connectivity index is 2.20. The van der Waals surface area contributed by atoms with E-state index in [1.165, 1.54) is 0 Å². The lowest BCUT2D eigenvalue weighted by Gasteiger charge is -2.31. The smallest absolute Gasteiger partial charge is 0.134 e. The molecule has 1 saturated heterocycles. The van der Waals surface area contributed by atoms with Crippen LogP contribution < -0.4 is 15.5 Å². The van der Waals surface area contributed by atoms with Crippen LogP contribution in [-0.2, 0) is 0 Å². The number of hydrogen-bond acceptors (Lipinski definition) is 5. The summed E-state index contributed by atoms with van der Waals surface area (Å²) < 4.78 is 0. The molecule has 0 spiro atoms. The van der Waals surface area contributed by atoms with Gasteiger partial charge in [-0.1, -0.05) is 0 Å². The van der Waals surface area contributed by atoms with Crippen LogP contribution in [0.2, 0.25) is 0 Å². The normalized spacial score (nSPS) is 17.3. The van der Waals surface area contributed by atoms with Crippen molar-refractivity contribution in [2.75, 3.05) is 37.0 Å². The molecule has 1 aliphatic heterocycles. The van der Waals surface area contributed by atoms with E-state index >= 15 is 0 Å². The van der Waals surface area contributed by atoms with Gasteiger partial charge in [0.25, 0.3) is 0 Å². The van der Waals surface area contributed by atoms with Crippen LogP contribution in [0.25, 0.3) is 0 Å². The third-order valence-corrected chi connectivity index (χ3v) is 3.13. The average molecular weight is 235 g/mol. The molecule has 5 nitrogen and oxygen atoms in total. The summed E-state index contributed by atoms with van der Waals surface area (Å²) in [5.74, 6) is 2.80. The van der Waals surface area contributed by atoms with Crippen molar-refractivity contribution < 1.29 is 0 Å². The van der Waals surface area contributed by atoms with Crippen LogP contribution in [0.3, 0.4) is 0 Å². The van der Waals surface area contributed by atoms with Gasteiger partial charge in [0.2, 0.25) is 0 Å². The highest BCUT2D eigenvalue weighted by Gasteiger charge is 2.18. The Labute approximate surface area is 103 Å². The summed E-state index contributed by atoms with van der Waals surface area (Å²) in [5, 5.41) is 0. The third-order valence-electron chi connectivity index (χ3n) is 3.13. The van der Waals surface area contributed by atoms with Gasteiger partial charge in [0.05, 0.1) is 0 Å². The lowest BCUT2D eigenvalue weighted by atomic mass is 10.1. The summed E-state index contributed by atoms with van der Waals surface area (Å²) >= 11 is 0. The molecule has 2 N–H and O–H groups in total. The molecule has 0 unspecified atom stereocenters. The number of aryl methyl sites for hydroxylation is 1. The largest absolute Gasteiger partial charge is 0.363 e. The van der Waals surface area contributed by atoms with Crippen LogP contribution in [0.1, 0.15) is 18.7 Å². The van der Waals surface area contributed by atoms with E-state index in [-0.39, 0.29) is 0 Å². The first-order valence-electron chi connectivity index (χ1n) is 6.10. The minimum absolute atomic E-state index is 0.350. The number of anilines is 2. The Morgan fingerprint density at radius 2 is 1.94 bits per heavy atom. The summed E-state index contributed by atoms with van der Waals surface area (Å²) in [6, 6.07) is 2.40. The third kappa shape index (κ3) is 2.85. The molecular weight excluding hydrogens is 214 g/mol. The van der Waals surface area contributed by atoms with Gasteiger partial charge in [0.1, 0.15) is 17.5 Å². The first kappa shape index (κ1) is 12.1. The number of nitrogens with zero attached hydrogens (tertiary/aromatic N) is 4. The van der Waals surface area contributed by atoms with Gasteiger partial charge >= 0.3 is 0 Å². The molecule has 2 heterocycles. The second-order valence-corrected chi connectivity index (χ2v) is 4.85. The molecule has 5 heteroatoms. The van der Waals surface area contributed by atoms with Crippen molar-refractivity contribution in [3.63, 3.8) is 0 Å². The van der Waals surface area contributed by atoms with Crippen LogP contribution in [0.5, 0.6) is 0 Å². The summed E-state index contributed by atoms with van der Waals surface area (Å²) in [4.78, 5) is 13.2. The molecule has 0 aromatic carbocycles. The molecule has 1 fully saturated rings. The second-order valence-electron chi connectivity index (χ2n) is 4.85. The van der Waals surface area contributed by atoms with Gasteiger partial charge in [0, 0.05) is 39.3 Å². The van der Waals surface area contributed by atoms with Crippen molar-refractivity contribution in [3.8, 4) is 0 Å². The van der Waals surface area contributed by atoms with Crippen LogP contribution >= 0.6 is 0 Å². The SMILES string of the molecule is Cc1nc(N(C)C)cc(N2CCC(N)CC2)n1. The summed E-state index contributed by atoms with van der Waals surface area (Å²) in [6.07, 6.45) is 2.08. The number of nitrogens with two attached hydrogens (primary N) is 1. The molecule has 0 bridgehead atoms. The number of hydrogen-bond donors (Lipinski definition) is 1. The predicted octanol–water partition coefficient (Wildman–Crippen LogP) is 0.779. The van der Waals surface area contributed by atoms with E-state index in [1.807, 2.05) is 32.0 Å². The molecule has 0 aliphatic carbocycles. The van der Waals surface area contributed by atoms with Gasteiger partial charge in [0.15, 0.2) is 0 Å². The van der Waals surface area contributed by atoms with Crippen LogP contribution in [0.15, 0.2) is 6.07 Å². The van der Waals surface area contributed by atoms with E-state index in [2.05, 4.69) is 14.9 Å². The molecular formula is C12H21N5. The first-order chi connectivity index (χ1) is 8.06. The number of aromatic nitrogens is 2. The molecule has 0 amide bonds. The maximum atomic E-state index is 5.92. The van der Waals surface area contributed by atoms with E-state index in [1.54, 1.807) is 0 Å². The molecule has 1 aromatic heterocycles. The van der Waals surface area contributed by atoms with E-state index in [4.69, 9.17) is 5.73 Å². The van der Waals surface area contributed by atoms with Gasteiger partial charge < -0.3 is 15.5 Å². The monoisotopic (exact) mass is 235 g/mol. The zero-order valence-corrected chi connectivity index (χ0v) is 10.8. The molecule has 0 saturated carbocycles. The Kier molecular flexibility index (Phi) is 3.47. The van der Waals surface area contributed by atoms with Gasteiger partial charge in [-0.3, -0.25) is 0 Å². The van der Waals surface area contributed by atoms with E-state index in [0.717, 1.165) is 43.4 Å². The number of piperidine rings is 1. The Bertz CT molecular complexity index is 382. The minimum Gasteiger partial charge on any atom is -0.363 e. The van der Waals surface area contributed by atoms with Gasteiger partial charge in [-0.2, -0.15) is 0 Å². The standard InChI is InChI=1S/C12H21N5/c1-9-14-11(16(2)3)8-12(15-9)17-6-4-10(13)5-7-17/h8,10H,4-7,13H2,1-3H3. The molecule has 2 rings (SSSR count). The van der Waals surface area contributed by atoms with Crippen molar-refractivity contribution in [3.05, 3.63) is 11.9 Å². The highest BCUT2D eigenvalue weighted by Crippen LogP contribution is 2.20. The van der Waals surface area contributed by atoms with Crippen molar-refractivity contribution >= 4 is 11.6 Å². The van der Waals surface area contributed by atoms with Gasteiger partial charge in [-0.25, -0.2) is 9.97 Å².